The summed E-state index contributed by atoms with van der Waals surface area (Å²) in [5.41, 5.74) is -1.11. The molecule has 1 N–H and O–H groups in total. The van der Waals surface area contributed by atoms with E-state index >= 15 is 0 Å². The Labute approximate surface area is 90.3 Å². The Morgan fingerprint density at radius 2 is 1.93 bits per heavy atom. The van der Waals surface area contributed by atoms with Gasteiger partial charge >= 0.3 is 5.97 Å². The predicted molar refractivity (Wildman–Crippen MR) is 56.4 cm³/mol. The van der Waals surface area contributed by atoms with Crippen LogP contribution >= 0.6 is 0 Å². The second kappa shape index (κ2) is 4.21. The minimum Gasteiger partial charge on any atom is -0.480 e. The molecule has 0 aromatic carbocycles. The molecule has 1 aliphatic carbocycles. The fraction of sp³-hybridized carbons (Fsp3) is 0.818. The zero-order valence-corrected chi connectivity index (χ0v) is 9.62. The average molecular weight is 213 g/mol. The normalized spacial score (nSPS) is 16.2. The van der Waals surface area contributed by atoms with E-state index in [0.29, 0.717) is 12.3 Å². The van der Waals surface area contributed by atoms with Crippen molar-refractivity contribution in [3.8, 4) is 0 Å². The van der Waals surface area contributed by atoms with Crippen LogP contribution in [0.5, 0.6) is 0 Å². The fourth-order valence-corrected chi connectivity index (χ4v) is 1.36. The molecule has 4 heteroatoms. The van der Waals surface area contributed by atoms with Crippen molar-refractivity contribution in [2.75, 3.05) is 7.05 Å². The van der Waals surface area contributed by atoms with Gasteiger partial charge in [-0.15, -0.1) is 0 Å². The molecule has 0 bridgehead atoms. The van der Waals surface area contributed by atoms with Gasteiger partial charge in [0.2, 0.25) is 5.91 Å². The van der Waals surface area contributed by atoms with Crippen molar-refractivity contribution in [1.82, 2.24) is 4.90 Å². The number of carboxylic acids is 1. The summed E-state index contributed by atoms with van der Waals surface area (Å²) in [4.78, 5) is 23.9. The smallest absolute Gasteiger partial charge is 0.329 e. The van der Waals surface area contributed by atoms with Crippen molar-refractivity contribution in [2.24, 2.45) is 5.92 Å². The third kappa shape index (κ3) is 2.94. The first kappa shape index (κ1) is 12.0. The van der Waals surface area contributed by atoms with E-state index in [9.17, 15) is 9.59 Å². The minimum atomic E-state index is -1.11. The molecule has 0 spiro atoms. The first-order valence-corrected chi connectivity index (χ1v) is 5.35. The molecule has 0 saturated heterocycles. The van der Waals surface area contributed by atoms with Gasteiger partial charge in [-0.3, -0.25) is 4.79 Å². The van der Waals surface area contributed by atoms with Crippen LogP contribution in [0.2, 0.25) is 0 Å². The monoisotopic (exact) mass is 213 g/mol. The molecule has 1 fully saturated rings. The minimum absolute atomic E-state index is 0.0747. The number of carboxylic acid groups (broad SMARTS) is 1. The van der Waals surface area contributed by atoms with E-state index < -0.39 is 11.5 Å². The third-order valence-electron chi connectivity index (χ3n) is 3.20. The molecule has 0 aliphatic heterocycles. The summed E-state index contributed by atoms with van der Waals surface area (Å²) in [6.07, 6.45) is 3.81. The molecule has 0 radical (unpaired) electrons. The summed E-state index contributed by atoms with van der Waals surface area (Å²) in [7, 11) is 1.56. The zero-order valence-electron chi connectivity index (χ0n) is 9.62. The van der Waals surface area contributed by atoms with Crippen LogP contribution in [0.3, 0.4) is 0 Å². The molecule has 0 aromatic heterocycles. The lowest BCUT2D eigenvalue weighted by Crippen LogP contribution is -2.50. The summed E-state index contributed by atoms with van der Waals surface area (Å²) >= 11 is 0. The highest BCUT2D eigenvalue weighted by Gasteiger charge is 2.35. The summed E-state index contributed by atoms with van der Waals surface area (Å²) < 4.78 is 0. The molecule has 0 atom stereocenters. The highest BCUT2D eigenvalue weighted by molar-refractivity contribution is 5.86. The topological polar surface area (TPSA) is 57.6 Å². The number of aliphatic carboxylic acids is 1. The van der Waals surface area contributed by atoms with Crippen molar-refractivity contribution in [3.63, 3.8) is 0 Å². The van der Waals surface area contributed by atoms with Gasteiger partial charge in [0.1, 0.15) is 5.54 Å². The number of carbonyl (C=O) groups is 2. The van der Waals surface area contributed by atoms with Gasteiger partial charge in [0.05, 0.1) is 0 Å². The molecule has 1 rings (SSSR count). The molecule has 0 heterocycles. The van der Waals surface area contributed by atoms with Crippen LogP contribution in [0.1, 0.15) is 39.5 Å². The van der Waals surface area contributed by atoms with Crippen LogP contribution in [0, 0.1) is 5.92 Å². The van der Waals surface area contributed by atoms with Gasteiger partial charge in [-0.2, -0.15) is 0 Å². The van der Waals surface area contributed by atoms with Crippen LogP contribution in [-0.4, -0.2) is 34.5 Å². The molecular formula is C11H19NO3. The van der Waals surface area contributed by atoms with E-state index in [2.05, 4.69) is 0 Å². The Balaban J connectivity index is 2.46. The van der Waals surface area contributed by atoms with E-state index in [1.807, 2.05) is 0 Å². The standard InChI is InChI=1S/C11H19NO3/c1-11(2,10(14)15)12(3)9(13)7-6-8-4-5-8/h8H,4-7H2,1-3H3,(H,14,15). The van der Waals surface area contributed by atoms with Gasteiger partial charge in [0.25, 0.3) is 0 Å². The quantitative estimate of drug-likeness (QED) is 0.753. The number of nitrogens with zero attached hydrogens (tertiary/aromatic N) is 1. The molecule has 15 heavy (non-hydrogen) atoms. The molecule has 0 aromatic rings. The van der Waals surface area contributed by atoms with Gasteiger partial charge in [0.15, 0.2) is 0 Å². The summed E-state index contributed by atoms with van der Waals surface area (Å²) in [6, 6.07) is 0. The summed E-state index contributed by atoms with van der Waals surface area (Å²) in [5.74, 6) is -0.339. The maximum Gasteiger partial charge on any atom is 0.329 e. The largest absolute Gasteiger partial charge is 0.480 e. The molecule has 86 valence electrons. The van der Waals surface area contributed by atoms with Gasteiger partial charge in [-0.05, 0) is 26.2 Å². The number of likely N-dealkylation sites (N-methyl/N-ethyl adjacent to an activating group) is 1. The molecule has 4 nitrogen and oxygen atoms in total. The molecule has 0 unspecified atom stereocenters. The van der Waals surface area contributed by atoms with Crippen LogP contribution in [0.25, 0.3) is 0 Å². The highest BCUT2D eigenvalue weighted by atomic mass is 16.4. The molecular weight excluding hydrogens is 194 g/mol. The highest BCUT2D eigenvalue weighted by Crippen LogP contribution is 2.33. The van der Waals surface area contributed by atoms with Crippen molar-refractivity contribution >= 4 is 11.9 Å². The fourth-order valence-electron chi connectivity index (χ4n) is 1.36. The Kier molecular flexibility index (Phi) is 3.37. The summed E-state index contributed by atoms with van der Waals surface area (Å²) in [5, 5.41) is 8.96. The Bertz CT molecular complexity index is 269. The molecule has 1 saturated carbocycles. The van der Waals surface area contributed by atoms with E-state index in [-0.39, 0.29) is 5.91 Å². The number of hydrogen-bond donors (Lipinski definition) is 1. The lowest BCUT2D eigenvalue weighted by Gasteiger charge is -2.31. The van der Waals surface area contributed by atoms with Gasteiger partial charge in [-0.25, -0.2) is 4.79 Å². The van der Waals surface area contributed by atoms with E-state index in [1.54, 1.807) is 20.9 Å². The van der Waals surface area contributed by atoms with Crippen LogP contribution in [-0.2, 0) is 9.59 Å². The third-order valence-corrected chi connectivity index (χ3v) is 3.20. The summed E-state index contributed by atoms with van der Waals surface area (Å²) in [6.45, 7) is 3.09. The van der Waals surface area contributed by atoms with Crippen molar-refractivity contribution < 1.29 is 14.7 Å². The SMILES string of the molecule is CN(C(=O)CCC1CC1)C(C)(C)C(=O)O. The first-order chi connectivity index (χ1) is 6.85. The first-order valence-electron chi connectivity index (χ1n) is 5.35. The average Bonchev–Trinajstić information content (AvgIpc) is 2.96. The van der Waals surface area contributed by atoms with Crippen LogP contribution < -0.4 is 0 Å². The van der Waals surface area contributed by atoms with E-state index in [4.69, 9.17) is 5.11 Å². The number of carbonyl (C=O) groups excluding carboxylic acids is 1. The number of rotatable bonds is 5. The lowest BCUT2D eigenvalue weighted by atomic mass is 10.0. The second-order valence-corrected chi connectivity index (χ2v) is 4.80. The van der Waals surface area contributed by atoms with Crippen molar-refractivity contribution in [1.29, 1.82) is 0 Å². The Morgan fingerprint density at radius 1 is 1.40 bits per heavy atom. The zero-order chi connectivity index (χ0) is 11.6. The van der Waals surface area contributed by atoms with Gasteiger partial charge in [0, 0.05) is 13.5 Å². The number of amides is 1. The van der Waals surface area contributed by atoms with Gasteiger partial charge in [-0.1, -0.05) is 12.8 Å². The van der Waals surface area contributed by atoms with Crippen LogP contribution in [0.15, 0.2) is 0 Å². The van der Waals surface area contributed by atoms with Crippen molar-refractivity contribution in [2.45, 2.75) is 45.1 Å². The molecule has 1 aliphatic rings. The Hall–Kier alpha value is -1.06. The van der Waals surface area contributed by atoms with E-state index in [1.165, 1.54) is 17.7 Å². The Morgan fingerprint density at radius 3 is 2.33 bits per heavy atom. The predicted octanol–water partition coefficient (Wildman–Crippen LogP) is 1.50. The number of hydrogen-bond acceptors (Lipinski definition) is 2. The van der Waals surface area contributed by atoms with Crippen molar-refractivity contribution in [3.05, 3.63) is 0 Å². The van der Waals surface area contributed by atoms with Crippen LogP contribution in [0.4, 0.5) is 0 Å². The second-order valence-electron chi connectivity index (χ2n) is 4.80. The maximum atomic E-state index is 11.7. The van der Waals surface area contributed by atoms with Gasteiger partial charge < -0.3 is 10.0 Å². The maximum absolute atomic E-state index is 11.7. The van der Waals surface area contributed by atoms with E-state index in [0.717, 1.165) is 6.42 Å². The lowest BCUT2D eigenvalue weighted by molar-refractivity contribution is -0.155. The molecule has 1 amide bonds.